The second-order valence-electron chi connectivity index (χ2n) is 6.91. The molecule has 1 heterocycles. The first kappa shape index (κ1) is 18.9. The van der Waals surface area contributed by atoms with Gasteiger partial charge in [0.2, 0.25) is 0 Å². The van der Waals surface area contributed by atoms with Crippen molar-refractivity contribution in [1.29, 1.82) is 0 Å². The fraction of sp³-hybridized carbons (Fsp3) is 1.00. The first-order valence-electron chi connectivity index (χ1n) is 8.85. The standard InChI is InChI=1S/C17H38N4/c1-6-17(7-2,15-18-8-3)16-21-13-11-20(12-14-21)10-9-19(4)5/h18H,6-16H2,1-5H3. The highest BCUT2D eigenvalue weighted by Crippen LogP contribution is 2.27. The molecule has 0 spiro atoms. The fourth-order valence-corrected chi connectivity index (χ4v) is 3.16. The Morgan fingerprint density at radius 2 is 1.52 bits per heavy atom. The number of hydrogen-bond donors (Lipinski definition) is 1. The third-order valence-corrected chi connectivity index (χ3v) is 5.14. The molecule has 0 aliphatic carbocycles. The van der Waals surface area contributed by atoms with Crippen LogP contribution in [0.2, 0.25) is 0 Å². The van der Waals surface area contributed by atoms with Crippen molar-refractivity contribution in [2.75, 3.05) is 73.0 Å². The Labute approximate surface area is 132 Å². The average molecular weight is 299 g/mol. The summed E-state index contributed by atoms with van der Waals surface area (Å²) in [5.74, 6) is 0. The van der Waals surface area contributed by atoms with Gasteiger partial charge in [0.15, 0.2) is 0 Å². The topological polar surface area (TPSA) is 21.8 Å². The Bertz CT molecular complexity index is 256. The second kappa shape index (κ2) is 9.78. The summed E-state index contributed by atoms with van der Waals surface area (Å²) in [5, 5.41) is 3.58. The van der Waals surface area contributed by atoms with Crippen LogP contribution in [0.25, 0.3) is 0 Å². The van der Waals surface area contributed by atoms with E-state index in [0.717, 1.165) is 13.1 Å². The molecular weight excluding hydrogens is 260 g/mol. The Morgan fingerprint density at radius 3 is 2.00 bits per heavy atom. The van der Waals surface area contributed by atoms with E-state index in [2.05, 4.69) is 54.9 Å². The summed E-state index contributed by atoms with van der Waals surface area (Å²) >= 11 is 0. The minimum atomic E-state index is 0.460. The van der Waals surface area contributed by atoms with Crippen molar-refractivity contribution < 1.29 is 0 Å². The summed E-state index contributed by atoms with van der Waals surface area (Å²) < 4.78 is 0. The molecule has 21 heavy (non-hydrogen) atoms. The lowest BCUT2D eigenvalue weighted by Gasteiger charge is -2.41. The summed E-state index contributed by atoms with van der Waals surface area (Å²) in [6, 6.07) is 0. The molecule has 1 rings (SSSR count). The van der Waals surface area contributed by atoms with E-state index in [0.29, 0.717) is 5.41 Å². The van der Waals surface area contributed by atoms with Crippen LogP contribution in [0.3, 0.4) is 0 Å². The number of rotatable bonds is 10. The first-order chi connectivity index (χ1) is 10.0. The minimum Gasteiger partial charge on any atom is -0.316 e. The van der Waals surface area contributed by atoms with Gasteiger partial charge in [0.1, 0.15) is 0 Å². The van der Waals surface area contributed by atoms with Crippen LogP contribution >= 0.6 is 0 Å². The summed E-state index contributed by atoms with van der Waals surface area (Å²) in [5.41, 5.74) is 0.460. The van der Waals surface area contributed by atoms with E-state index in [-0.39, 0.29) is 0 Å². The molecule has 0 amide bonds. The predicted molar refractivity (Wildman–Crippen MR) is 93.0 cm³/mol. The summed E-state index contributed by atoms with van der Waals surface area (Å²) in [6.45, 7) is 17.8. The third kappa shape index (κ3) is 6.64. The van der Waals surface area contributed by atoms with Crippen LogP contribution < -0.4 is 5.32 Å². The second-order valence-corrected chi connectivity index (χ2v) is 6.91. The number of nitrogens with one attached hydrogen (secondary N) is 1. The van der Waals surface area contributed by atoms with Crippen molar-refractivity contribution in [2.24, 2.45) is 5.41 Å². The molecule has 1 saturated heterocycles. The largest absolute Gasteiger partial charge is 0.316 e. The Morgan fingerprint density at radius 1 is 0.952 bits per heavy atom. The number of nitrogens with zero attached hydrogens (tertiary/aromatic N) is 3. The number of hydrogen-bond acceptors (Lipinski definition) is 4. The highest BCUT2D eigenvalue weighted by Gasteiger charge is 2.29. The lowest BCUT2D eigenvalue weighted by Crippen LogP contribution is -2.52. The van der Waals surface area contributed by atoms with Crippen LogP contribution in [0.5, 0.6) is 0 Å². The van der Waals surface area contributed by atoms with Crippen molar-refractivity contribution in [3.63, 3.8) is 0 Å². The zero-order valence-electron chi connectivity index (χ0n) is 15.1. The zero-order chi connectivity index (χ0) is 15.7. The molecule has 0 saturated carbocycles. The molecule has 0 bridgehead atoms. The van der Waals surface area contributed by atoms with Gasteiger partial charge in [0, 0.05) is 52.4 Å². The smallest absolute Gasteiger partial charge is 0.0110 e. The van der Waals surface area contributed by atoms with Crippen LogP contribution in [0.4, 0.5) is 0 Å². The van der Waals surface area contributed by atoms with Gasteiger partial charge < -0.3 is 15.1 Å². The van der Waals surface area contributed by atoms with E-state index in [1.165, 1.54) is 58.7 Å². The van der Waals surface area contributed by atoms with Gasteiger partial charge in [0.25, 0.3) is 0 Å². The van der Waals surface area contributed by atoms with E-state index in [1.54, 1.807) is 0 Å². The van der Waals surface area contributed by atoms with Gasteiger partial charge in [-0.1, -0.05) is 20.8 Å². The maximum Gasteiger partial charge on any atom is 0.0110 e. The van der Waals surface area contributed by atoms with Crippen LogP contribution in [0.1, 0.15) is 33.6 Å². The molecule has 0 aromatic rings. The van der Waals surface area contributed by atoms with Crippen LogP contribution in [0.15, 0.2) is 0 Å². The van der Waals surface area contributed by atoms with Gasteiger partial charge in [-0.2, -0.15) is 0 Å². The number of likely N-dealkylation sites (N-methyl/N-ethyl adjacent to an activating group) is 1. The Hall–Kier alpha value is -0.160. The molecule has 1 aliphatic heterocycles. The zero-order valence-corrected chi connectivity index (χ0v) is 15.1. The summed E-state index contributed by atoms with van der Waals surface area (Å²) in [7, 11) is 4.32. The number of piperazine rings is 1. The van der Waals surface area contributed by atoms with Gasteiger partial charge in [-0.05, 0) is 38.9 Å². The molecule has 4 heteroatoms. The lowest BCUT2D eigenvalue weighted by molar-refractivity contribution is 0.0758. The Kier molecular flexibility index (Phi) is 8.79. The van der Waals surface area contributed by atoms with E-state index in [4.69, 9.17) is 0 Å². The fourth-order valence-electron chi connectivity index (χ4n) is 3.16. The van der Waals surface area contributed by atoms with Crippen molar-refractivity contribution in [3.8, 4) is 0 Å². The van der Waals surface area contributed by atoms with Crippen molar-refractivity contribution >= 4 is 0 Å². The molecule has 126 valence electrons. The van der Waals surface area contributed by atoms with Crippen molar-refractivity contribution in [2.45, 2.75) is 33.6 Å². The lowest BCUT2D eigenvalue weighted by atomic mass is 9.81. The predicted octanol–water partition coefficient (Wildman–Crippen LogP) is 1.58. The normalized spacial score (nSPS) is 18.6. The monoisotopic (exact) mass is 298 g/mol. The van der Waals surface area contributed by atoms with Crippen molar-refractivity contribution in [3.05, 3.63) is 0 Å². The molecule has 0 atom stereocenters. The molecule has 1 fully saturated rings. The van der Waals surface area contributed by atoms with Crippen molar-refractivity contribution in [1.82, 2.24) is 20.0 Å². The van der Waals surface area contributed by atoms with E-state index < -0.39 is 0 Å². The Balaban J connectivity index is 2.38. The van der Waals surface area contributed by atoms with Gasteiger partial charge in [-0.3, -0.25) is 4.90 Å². The highest BCUT2D eigenvalue weighted by molar-refractivity contribution is 4.85. The molecule has 0 aromatic heterocycles. The minimum absolute atomic E-state index is 0.460. The molecule has 1 aliphatic rings. The third-order valence-electron chi connectivity index (χ3n) is 5.14. The molecular formula is C17H38N4. The average Bonchev–Trinajstić information content (AvgIpc) is 2.50. The van der Waals surface area contributed by atoms with Gasteiger partial charge in [-0.25, -0.2) is 0 Å². The highest BCUT2D eigenvalue weighted by atomic mass is 15.3. The van der Waals surface area contributed by atoms with Crippen LogP contribution in [-0.4, -0.2) is 87.7 Å². The molecule has 0 aromatic carbocycles. The van der Waals surface area contributed by atoms with E-state index >= 15 is 0 Å². The van der Waals surface area contributed by atoms with Crippen LogP contribution in [0, 0.1) is 5.41 Å². The van der Waals surface area contributed by atoms with Gasteiger partial charge in [-0.15, -0.1) is 0 Å². The first-order valence-corrected chi connectivity index (χ1v) is 8.85. The maximum atomic E-state index is 3.58. The van der Waals surface area contributed by atoms with Crippen LogP contribution in [-0.2, 0) is 0 Å². The van der Waals surface area contributed by atoms with E-state index in [9.17, 15) is 0 Å². The molecule has 0 unspecified atom stereocenters. The SMILES string of the molecule is CCNCC(CC)(CC)CN1CCN(CCN(C)C)CC1. The summed E-state index contributed by atoms with van der Waals surface area (Å²) in [6.07, 6.45) is 2.55. The molecule has 1 N–H and O–H groups in total. The maximum absolute atomic E-state index is 3.58. The summed E-state index contributed by atoms with van der Waals surface area (Å²) in [4.78, 5) is 7.58. The molecule has 0 radical (unpaired) electrons. The quantitative estimate of drug-likeness (QED) is 0.661. The van der Waals surface area contributed by atoms with Gasteiger partial charge >= 0.3 is 0 Å². The van der Waals surface area contributed by atoms with E-state index in [1.807, 2.05) is 0 Å². The van der Waals surface area contributed by atoms with Gasteiger partial charge in [0.05, 0.1) is 0 Å². The molecule has 4 nitrogen and oxygen atoms in total.